The van der Waals surface area contributed by atoms with E-state index >= 15 is 0 Å². The van der Waals surface area contributed by atoms with Gasteiger partial charge in [0.05, 0.1) is 0 Å². The fourth-order valence-corrected chi connectivity index (χ4v) is 3.20. The lowest BCUT2D eigenvalue weighted by molar-refractivity contribution is -0.139. The van der Waals surface area contributed by atoms with E-state index in [-0.39, 0.29) is 11.5 Å². The van der Waals surface area contributed by atoms with Crippen molar-refractivity contribution in [1.29, 1.82) is 0 Å². The van der Waals surface area contributed by atoms with Gasteiger partial charge in [0.15, 0.2) is 0 Å². The molecule has 12 N–H and O–H groups in total. The fourth-order valence-electron chi connectivity index (χ4n) is 1.23. The van der Waals surface area contributed by atoms with Crippen molar-refractivity contribution >= 4 is 47.4 Å². The maximum absolute atomic E-state index is 10.3. The van der Waals surface area contributed by atoms with Gasteiger partial charge >= 0.3 is 23.9 Å². The standard InChI is InChI=1S/2C7H14N2O4S/c2*8-4(6(10)11)1-2-14-3-5(9)7(12)13/h2*4-5H,1-3,8-9H2,(H,10,11)(H,12,13). The van der Waals surface area contributed by atoms with E-state index in [9.17, 15) is 19.2 Å². The Kier molecular flexibility index (Phi) is 16.7. The first-order valence-electron chi connectivity index (χ1n) is 7.99. The molecule has 0 radical (unpaired) electrons. The molecule has 4 unspecified atom stereocenters. The Bertz CT molecular complexity index is 424. The molecular formula is C14H28N4O8S2. The zero-order valence-corrected chi connectivity index (χ0v) is 16.7. The van der Waals surface area contributed by atoms with Crippen LogP contribution in [0.1, 0.15) is 12.8 Å². The van der Waals surface area contributed by atoms with E-state index in [1.54, 1.807) is 0 Å². The molecule has 0 saturated heterocycles. The molecule has 0 rings (SSSR count). The average molecular weight is 445 g/mol. The predicted molar refractivity (Wildman–Crippen MR) is 106 cm³/mol. The highest BCUT2D eigenvalue weighted by Gasteiger charge is 2.14. The maximum Gasteiger partial charge on any atom is 0.321 e. The Balaban J connectivity index is 0. The number of thioether (sulfide) groups is 2. The molecule has 0 fully saturated rings. The molecule has 12 nitrogen and oxygen atoms in total. The molecule has 14 heteroatoms. The molecule has 0 amide bonds. The summed E-state index contributed by atoms with van der Waals surface area (Å²) in [6.07, 6.45) is 0.624. The minimum absolute atomic E-state index is 0.266. The monoisotopic (exact) mass is 444 g/mol. The zero-order chi connectivity index (χ0) is 22.3. The van der Waals surface area contributed by atoms with Crippen LogP contribution in [-0.4, -0.2) is 91.5 Å². The fraction of sp³-hybridized carbons (Fsp3) is 0.714. The Morgan fingerprint density at radius 1 is 0.571 bits per heavy atom. The number of hydrogen-bond acceptors (Lipinski definition) is 10. The third kappa shape index (κ3) is 16.6. The Morgan fingerprint density at radius 3 is 1.04 bits per heavy atom. The highest BCUT2D eigenvalue weighted by Crippen LogP contribution is 2.06. The van der Waals surface area contributed by atoms with Crippen LogP contribution < -0.4 is 22.9 Å². The van der Waals surface area contributed by atoms with Crippen molar-refractivity contribution in [3.63, 3.8) is 0 Å². The van der Waals surface area contributed by atoms with E-state index in [0.717, 1.165) is 0 Å². The number of rotatable bonds is 14. The normalized spacial score (nSPS) is 14.7. The summed E-state index contributed by atoms with van der Waals surface area (Å²) in [5.41, 5.74) is 20.9. The summed E-state index contributed by atoms with van der Waals surface area (Å²) in [6, 6.07) is -3.57. The van der Waals surface area contributed by atoms with Crippen LogP contribution >= 0.6 is 23.5 Å². The zero-order valence-electron chi connectivity index (χ0n) is 15.1. The summed E-state index contributed by atoms with van der Waals surface area (Å²) in [7, 11) is 0. The van der Waals surface area contributed by atoms with E-state index in [1.807, 2.05) is 0 Å². The smallest absolute Gasteiger partial charge is 0.321 e. The number of carbonyl (C=O) groups is 4. The summed E-state index contributed by atoms with van der Waals surface area (Å²) in [6.45, 7) is 0. The molecule has 0 heterocycles. The molecule has 0 aromatic heterocycles. The van der Waals surface area contributed by atoms with Gasteiger partial charge in [-0.2, -0.15) is 23.5 Å². The van der Waals surface area contributed by atoms with Crippen LogP contribution in [0.25, 0.3) is 0 Å². The lowest BCUT2D eigenvalue weighted by Gasteiger charge is -2.07. The summed E-state index contributed by atoms with van der Waals surface area (Å²) < 4.78 is 0. The van der Waals surface area contributed by atoms with E-state index in [1.165, 1.54) is 23.5 Å². The number of nitrogens with two attached hydrogens (primary N) is 4. The SMILES string of the molecule is NC(CCSCC(N)C(=O)O)C(=O)O.NC(CCSCC(N)C(=O)O)C(=O)O. The molecule has 0 bridgehead atoms. The molecular weight excluding hydrogens is 416 g/mol. The molecule has 0 aromatic rings. The number of aliphatic carboxylic acids is 4. The lowest BCUT2D eigenvalue weighted by Crippen LogP contribution is -2.33. The second kappa shape index (κ2) is 16.4. The van der Waals surface area contributed by atoms with Gasteiger partial charge in [-0.3, -0.25) is 19.2 Å². The van der Waals surface area contributed by atoms with E-state index < -0.39 is 48.0 Å². The van der Waals surface area contributed by atoms with Gasteiger partial charge in [0.1, 0.15) is 24.2 Å². The first kappa shape index (κ1) is 28.6. The highest BCUT2D eigenvalue weighted by atomic mass is 32.2. The predicted octanol–water partition coefficient (Wildman–Crippen LogP) is -2.13. The molecule has 0 aromatic carbocycles. The number of carboxylic acids is 4. The first-order valence-corrected chi connectivity index (χ1v) is 10.3. The summed E-state index contributed by atoms with van der Waals surface area (Å²) >= 11 is 2.57. The van der Waals surface area contributed by atoms with Crippen LogP contribution in [0.3, 0.4) is 0 Å². The van der Waals surface area contributed by atoms with Crippen LogP contribution in [0.15, 0.2) is 0 Å². The molecule has 0 aliphatic heterocycles. The van der Waals surface area contributed by atoms with Crippen LogP contribution in [0.4, 0.5) is 0 Å². The third-order valence-corrected chi connectivity index (χ3v) is 5.25. The second-order valence-electron chi connectivity index (χ2n) is 5.51. The van der Waals surface area contributed by atoms with Gasteiger partial charge in [0, 0.05) is 11.5 Å². The van der Waals surface area contributed by atoms with E-state index in [2.05, 4.69) is 0 Å². The van der Waals surface area contributed by atoms with Gasteiger partial charge in [0.2, 0.25) is 0 Å². The first-order chi connectivity index (χ1) is 12.9. The van der Waals surface area contributed by atoms with Gasteiger partial charge in [-0.05, 0) is 24.3 Å². The average Bonchev–Trinajstić information content (AvgIpc) is 2.61. The van der Waals surface area contributed by atoms with Gasteiger partial charge in [-0.25, -0.2) is 0 Å². The van der Waals surface area contributed by atoms with Crippen molar-refractivity contribution in [3.8, 4) is 0 Å². The molecule has 164 valence electrons. The Hall–Kier alpha value is -1.58. The van der Waals surface area contributed by atoms with Crippen molar-refractivity contribution in [2.24, 2.45) is 22.9 Å². The van der Waals surface area contributed by atoms with Crippen molar-refractivity contribution in [2.75, 3.05) is 23.0 Å². The summed E-state index contributed by atoms with van der Waals surface area (Å²) in [5, 5.41) is 33.7. The third-order valence-electron chi connectivity index (χ3n) is 3.01. The van der Waals surface area contributed by atoms with Gasteiger partial charge in [0.25, 0.3) is 0 Å². The van der Waals surface area contributed by atoms with E-state index in [0.29, 0.717) is 24.3 Å². The Morgan fingerprint density at radius 2 is 0.821 bits per heavy atom. The molecule has 0 aliphatic rings. The topological polar surface area (TPSA) is 253 Å². The summed E-state index contributed by atoms with van der Waals surface area (Å²) in [4.78, 5) is 41.1. The van der Waals surface area contributed by atoms with Gasteiger partial charge in [-0.15, -0.1) is 0 Å². The molecule has 28 heavy (non-hydrogen) atoms. The quantitative estimate of drug-likeness (QED) is 0.133. The van der Waals surface area contributed by atoms with Crippen molar-refractivity contribution < 1.29 is 39.6 Å². The van der Waals surface area contributed by atoms with E-state index in [4.69, 9.17) is 43.4 Å². The summed E-state index contributed by atoms with van der Waals surface area (Å²) in [5.74, 6) is -2.69. The number of hydrogen-bond donors (Lipinski definition) is 8. The minimum Gasteiger partial charge on any atom is -0.480 e. The van der Waals surface area contributed by atoms with Crippen LogP contribution in [0.5, 0.6) is 0 Å². The highest BCUT2D eigenvalue weighted by molar-refractivity contribution is 7.99. The van der Waals surface area contributed by atoms with Crippen LogP contribution in [-0.2, 0) is 19.2 Å². The minimum atomic E-state index is -1.06. The van der Waals surface area contributed by atoms with Crippen molar-refractivity contribution in [1.82, 2.24) is 0 Å². The second-order valence-corrected chi connectivity index (χ2v) is 7.81. The molecule has 4 atom stereocenters. The van der Waals surface area contributed by atoms with Gasteiger partial charge < -0.3 is 43.4 Å². The Labute approximate surface area is 170 Å². The molecule has 0 spiro atoms. The van der Waals surface area contributed by atoms with Crippen LogP contribution in [0.2, 0.25) is 0 Å². The van der Waals surface area contributed by atoms with Gasteiger partial charge in [-0.1, -0.05) is 0 Å². The maximum atomic E-state index is 10.3. The van der Waals surface area contributed by atoms with Crippen molar-refractivity contribution in [2.45, 2.75) is 37.0 Å². The van der Waals surface area contributed by atoms with Crippen molar-refractivity contribution in [3.05, 3.63) is 0 Å². The largest absolute Gasteiger partial charge is 0.480 e. The lowest BCUT2D eigenvalue weighted by atomic mass is 10.2. The number of carboxylic acid groups (broad SMARTS) is 4. The molecule has 0 aliphatic carbocycles. The molecule has 0 saturated carbocycles. The van der Waals surface area contributed by atoms with Crippen LogP contribution in [0, 0.1) is 0 Å².